The summed E-state index contributed by atoms with van der Waals surface area (Å²) < 4.78 is 13.4. The minimum Gasteiger partial charge on any atom is -0.505 e. The van der Waals surface area contributed by atoms with Crippen molar-refractivity contribution in [1.29, 1.82) is 0 Å². The summed E-state index contributed by atoms with van der Waals surface area (Å²) in [5, 5.41) is 13.3. The smallest absolute Gasteiger partial charge is 0.143 e. The molecule has 1 saturated heterocycles. The summed E-state index contributed by atoms with van der Waals surface area (Å²) in [5.74, 6) is 0.0242. The zero-order valence-corrected chi connectivity index (χ0v) is 13.1. The molecule has 1 atom stereocenters. The maximum absolute atomic E-state index is 13.4. The van der Waals surface area contributed by atoms with Gasteiger partial charge in [0.2, 0.25) is 0 Å². The van der Waals surface area contributed by atoms with Crippen molar-refractivity contribution in [3.05, 3.63) is 23.3 Å². The Labute approximate surface area is 131 Å². The summed E-state index contributed by atoms with van der Waals surface area (Å²) in [5.41, 5.74) is 7.52. The van der Waals surface area contributed by atoms with Gasteiger partial charge < -0.3 is 16.2 Å². The molecule has 1 heterocycles. The van der Waals surface area contributed by atoms with Gasteiger partial charge in [-0.1, -0.05) is 6.07 Å². The molecule has 0 saturated carbocycles. The third-order valence-electron chi connectivity index (χ3n) is 3.54. The van der Waals surface area contributed by atoms with Crippen molar-refractivity contribution in [3.63, 3.8) is 0 Å². The van der Waals surface area contributed by atoms with Crippen molar-refractivity contribution in [3.8, 4) is 5.75 Å². The average Bonchev–Trinajstić information content (AvgIpc) is 2.40. The Balaban J connectivity index is 0.00000180. The largest absolute Gasteiger partial charge is 0.505 e. The highest BCUT2D eigenvalue weighted by Gasteiger charge is 2.26. The van der Waals surface area contributed by atoms with Crippen LogP contribution in [0, 0.1) is 6.92 Å². The Hall–Kier alpha value is -0.750. The van der Waals surface area contributed by atoms with Gasteiger partial charge in [0, 0.05) is 31.7 Å². The first kappa shape index (κ1) is 19.2. The van der Waals surface area contributed by atoms with Crippen LogP contribution < -0.4 is 11.1 Å². The number of aromatic hydroxyl groups is 1. The van der Waals surface area contributed by atoms with E-state index in [9.17, 15) is 9.50 Å². The lowest BCUT2D eigenvalue weighted by Gasteiger charge is -2.34. The van der Waals surface area contributed by atoms with Gasteiger partial charge in [-0.3, -0.25) is 4.90 Å². The summed E-state index contributed by atoms with van der Waals surface area (Å²) in [6.45, 7) is 4.61. The third kappa shape index (κ3) is 3.88. The van der Waals surface area contributed by atoms with E-state index in [1.54, 1.807) is 6.07 Å². The summed E-state index contributed by atoms with van der Waals surface area (Å²) in [7, 11) is 0. The number of alkyl halides is 1. The van der Waals surface area contributed by atoms with Crippen LogP contribution in [0.25, 0.3) is 0 Å². The van der Waals surface area contributed by atoms with E-state index >= 15 is 0 Å². The second kappa shape index (κ2) is 8.52. The van der Waals surface area contributed by atoms with Crippen molar-refractivity contribution in [1.82, 2.24) is 10.2 Å². The number of rotatable bonds is 3. The number of nitrogens with zero attached hydrogens (tertiary/aromatic N) is 1. The minimum absolute atomic E-state index is 0. The lowest BCUT2D eigenvalue weighted by atomic mass is 9.98. The number of phenols is 1. The van der Waals surface area contributed by atoms with Gasteiger partial charge >= 0.3 is 0 Å². The Morgan fingerprint density at radius 3 is 2.50 bits per heavy atom. The number of anilines is 1. The molecule has 1 fully saturated rings. The normalized spacial score (nSPS) is 16.9. The lowest BCUT2D eigenvalue weighted by Crippen LogP contribution is -2.45. The second-order valence-corrected chi connectivity index (χ2v) is 4.69. The zero-order chi connectivity index (χ0) is 13.1. The summed E-state index contributed by atoms with van der Waals surface area (Å²) in [6.07, 6.45) is 0. The van der Waals surface area contributed by atoms with E-state index < -0.39 is 12.7 Å². The van der Waals surface area contributed by atoms with E-state index in [-0.39, 0.29) is 30.6 Å². The van der Waals surface area contributed by atoms with Gasteiger partial charge in [-0.15, -0.1) is 24.8 Å². The van der Waals surface area contributed by atoms with E-state index in [1.807, 2.05) is 13.0 Å². The van der Waals surface area contributed by atoms with Gasteiger partial charge in [-0.25, -0.2) is 4.39 Å². The average molecular weight is 326 g/mol. The Kier molecular flexibility index (Phi) is 8.20. The first-order valence-corrected chi connectivity index (χ1v) is 6.23. The molecule has 7 heteroatoms. The number of halogens is 3. The van der Waals surface area contributed by atoms with Gasteiger partial charge in [-0.05, 0) is 18.6 Å². The summed E-state index contributed by atoms with van der Waals surface area (Å²) in [6, 6.07) is 3.08. The molecule has 4 N–H and O–H groups in total. The second-order valence-electron chi connectivity index (χ2n) is 4.69. The first-order chi connectivity index (χ1) is 8.65. The number of piperazine rings is 1. The molecule has 0 amide bonds. The molecule has 0 unspecified atom stereocenters. The minimum atomic E-state index is -0.516. The SMILES string of the molecule is Cc1ccc(N)c(O)c1[C@@H](CF)N1CCNCC1.Cl.Cl. The van der Waals surface area contributed by atoms with Crippen LogP contribution in [0.4, 0.5) is 10.1 Å². The van der Waals surface area contributed by atoms with Gasteiger partial charge in [0.25, 0.3) is 0 Å². The fourth-order valence-corrected chi connectivity index (χ4v) is 2.50. The van der Waals surface area contributed by atoms with Crippen molar-refractivity contribution in [2.45, 2.75) is 13.0 Å². The number of hydrogen-bond donors (Lipinski definition) is 3. The Bertz CT molecular complexity index is 428. The Morgan fingerprint density at radius 2 is 1.95 bits per heavy atom. The van der Waals surface area contributed by atoms with E-state index in [4.69, 9.17) is 5.73 Å². The summed E-state index contributed by atoms with van der Waals surface area (Å²) >= 11 is 0. The number of aryl methyl sites for hydroxylation is 1. The maximum Gasteiger partial charge on any atom is 0.143 e. The highest BCUT2D eigenvalue weighted by atomic mass is 35.5. The van der Waals surface area contributed by atoms with E-state index in [0.717, 1.165) is 31.7 Å². The standard InChI is InChI=1S/C13H20FN3O.2ClH/c1-9-2-3-10(15)13(18)12(9)11(8-14)17-6-4-16-5-7-17;;/h2-3,11,16,18H,4-8,15H2,1H3;2*1H/t11-;;/m1../s1. The van der Waals surface area contributed by atoms with E-state index in [2.05, 4.69) is 10.2 Å². The van der Waals surface area contributed by atoms with E-state index in [0.29, 0.717) is 11.3 Å². The topological polar surface area (TPSA) is 61.5 Å². The monoisotopic (exact) mass is 325 g/mol. The fourth-order valence-electron chi connectivity index (χ4n) is 2.50. The van der Waals surface area contributed by atoms with E-state index in [1.165, 1.54) is 0 Å². The predicted molar refractivity (Wildman–Crippen MR) is 84.9 cm³/mol. The van der Waals surface area contributed by atoms with Crippen LogP contribution in [-0.2, 0) is 0 Å². The van der Waals surface area contributed by atoms with Gasteiger partial charge in [0.1, 0.15) is 12.4 Å². The molecule has 0 radical (unpaired) electrons. The molecule has 1 aliphatic rings. The number of nitrogens with one attached hydrogen (secondary N) is 1. The van der Waals surface area contributed by atoms with Crippen LogP contribution in [0.15, 0.2) is 12.1 Å². The van der Waals surface area contributed by atoms with Gasteiger partial charge in [-0.2, -0.15) is 0 Å². The van der Waals surface area contributed by atoms with Gasteiger partial charge in [0.15, 0.2) is 0 Å². The lowest BCUT2D eigenvalue weighted by molar-refractivity contribution is 0.145. The summed E-state index contributed by atoms with van der Waals surface area (Å²) in [4.78, 5) is 2.05. The van der Waals surface area contributed by atoms with Gasteiger partial charge in [0.05, 0.1) is 11.7 Å². The molecule has 2 rings (SSSR count). The van der Waals surface area contributed by atoms with Crippen LogP contribution in [-0.4, -0.2) is 42.9 Å². The van der Waals surface area contributed by atoms with Crippen LogP contribution >= 0.6 is 24.8 Å². The van der Waals surface area contributed by atoms with Crippen LogP contribution in [0.1, 0.15) is 17.2 Å². The van der Waals surface area contributed by atoms with Crippen molar-refractivity contribution in [2.24, 2.45) is 0 Å². The van der Waals surface area contributed by atoms with Crippen molar-refractivity contribution in [2.75, 3.05) is 38.6 Å². The Morgan fingerprint density at radius 1 is 1.35 bits per heavy atom. The highest BCUT2D eigenvalue weighted by molar-refractivity contribution is 5.85. The molecular weight excluding hydrogens is 304 g/mol. The van der Waals surface area contributed by atoms with Crippen molar-refractivity contribution < 1.29 is 9.50 Å². The number of hydrogen-bond acceptors (Lipinski definition) is 4. The molecule has 0 spiro atoms. The third-order valence-corrected chi connectivity index (χ3v) is 3.54. The number of phenolic OH excluding ortho intramolecular Hbond substituents is 1. The molecule has 20 heavy (non-hydrogen) atoms. The fraction of sp³-hybridized carbons (Fsp3) is 0.538. The number of nitrogens with two attached hydrogens (primary N) is 1. The zero-order valence-electron chi connectivity index (χ0n) is 11.4. The molecule has 1 aromatic rings. The molecule has 116 valence electrons. The highest BCUT2D eigenvalue weighted by Crippen LogP contribution is 2.36. The van der Waals surface area contributed by atoms with Crippen LogP contribution in [0.3, 0.4) is 0 Å². The number of benzene rings is 1. The van der Waals surface area contributed by atoms with Crippen molar-refractivity contribution >= 4 is 30.5 Å². The molecule has 0 aliphatic carbocycles. The molecule has 1 aliphatic heterocycles. The molecule has 0 bridgehead atoms. The molecular formula is C13H22Cl2FN3O. The predicted octanol–water partition coefficient (Wildman–Crippen LogP) is 2.04. The maximum atomic E-state index is 13.4. The van der Waals surface area contributed by atoms with Crippen LogP contribution in [0.5, 0.6) is 5.75 Å². The molecule has 4 nitrogen and oxygen atoms in total. The quantitative estimate of drug-likeness (QED) is 0.588. The molecule has 0 aromatic heterocycles. The number of nitrogen functional groups attached to an aromatic ring is 1. The molecule has 1 aromatic carbocycles. The van der Waals surface area contributed by atoms with Crippen LogP contribution in [0.2, 0.25) is 0 Å². The first-order valence-electron chi connectivity index (χ1n) is 6.23.